The van der Waals surface area contributed by atoms with Crippen LogP contribution in [0.1, 0.15) is 46.4 Å². The zero-order valence-electron chi connectivity index (χ0n) is 11.6. The smallest absolute Gasteiger partial charge is 0.203 e. The molecule has 0 saturated carbocycles. The molecule has 0 atom stereocenters. The molecule has 2 rings (SSSR count). The fourth-order valence-electron chi connectivity index (χ4n) is 1.83. The molecule has 1 heterocycles. The average molecular weight is 293 g/mol. The topological polar surface area (TPSA) is 17.1 Å². The van der Waals surface area contributed by atoms with Gasteiger partial charge in [0.2, 0.25) is 5.78 Å². The third kappa shape index (κ3) is 3.07. The second kappa shape index (κ2) is 5.10. The molecular formula is C16H17ClOS. The van der Waals surface area contributed by atoms with Gasteiger partial charge in [0.25, 0.3) is 0 Å². The van der Waals surface area contributed by atoms with Gasteiger partial charge in [-0.15, -0.1) is 11.3 Å². The van der Waals surface area contributed by atoms with Crippen molar-refractivity contribution in [1.29, 1.82) is 0 Å². The molecule has 0 amide bonds. The quantitative estimate of drug-likeness (QED) is 0.692. The first-order chi connectivity index (χ1) is 8.79. The lowest BCUT2D eigenvalue weighted by Gasteiger charge is -2.15. The van der Waals surface area contributed by atoms with Crippen LogP contribution in [0.2, 0.25) is 5.02 Å². The number of hydrogen-bond acceptors (Lipinski definition) is 2. The molecule has 2 aromatic rings. The molecule has 0 saturated heterocycles. The van der Waals surface area contributed by atoms with E-state index in [-0.39, 0.29) is 11.2 Å². The van der Waals surface area contributed by atoms with Gasteiger partial charge < -0.3 is 0 Å². The Bertz CT molecular complexity index is 620. The number of thiophene rings is 1. The maximum Gasteiger partial charge on any atom is 0.203 e. The van der Waals surface area contributed by atoms with Gasteiger partial charge in [0.05, 0.1) is 4.88 Å². The number of carbonyl (C=O) groups is 1. The molecule has 19 heavy (non-hydrogen) atoms. The number of aryl methyl sites for hydroxylation is 1. The van der Waals surface area contributed by atoms with E-state index >= 15 is 0 Å². The van der Waals surface area contributed by atoms with Gasteiger partial charge in [-0.25, -0.2) is 0 Å². The van der Waals surface area contributed by atoms with Crippen LogP contribution in [0.15, 0.2) is 30.3 Å². The van der Waals surface area contributed by atoms with E-state index in [2.05, 4.69) is 20.8 Å². The van der Waals surface area contributed by atoms with Gasteiger partial charge in [-0.1, -0.05) is 38.4 Å². The molecule has 0 spiro atoms. The normalized spacial score (nSPS) is 11.6. The summed E-state index contributed by atoms with van der Waals surface area (Å²) < 4.78 is 0. The van der Waals surface area contributed by atoms with Gasteiger partial charge in [-0.3, -0.25) is 4.79 Å². The van der Waals surface area contributed by atoms with Crippen molar-refractivity contribution < 1.29 is 4.79 Å². The minimum Gasteiger partial charge on any atom is -0.288 e. The maximum absolute atomic E-state index is 12.5. The lowest BCUT2D eigenvalue weighted by molar-refractivity contribution is 0.104. The second-order valence-electron chi connectivity index (χ2n) is 5.70. The molecule has 1 nitrogen and oxygen atoms in total. The molecule has 0 fully saturated rings. The van der Waals surface area contributed by atoms with Crippen LogP contribution >= 0.6 is 22.9 Å². The van der Waals surface area contributed by atoms with Crippen molar-refractivity contribution in [3.63, 3.8) is 0 Å². The van der Waals surface area contributed by atoms with Crippen LogP contribution in [-0.4, -0.2) is 5.78 Å². The first-order valence-electron chi connectivity index (χ1n) is 6.20. The van der Waals surface area contributed by atoms with Crippen molar-refractivity contribution >= 4 is 28.7 Å². The molecular weight excluding hydrogens is 276 g/mol. The van der Waals surface area contributed by atoms with Gasteiger partial charge in [0.1, 0.15) is 0 Å². The van der Waals surface area contributed by atoms with Crippen LogP contribution in [-0.2, 0) is 5.41 Å². The summed E-state index contributed by atoms with van der Waals surface area (Å²) in [6, 6.07) is 9.39. The van der Waals surface area contributed by atoms with Crippen LogP contribution in [0.5, 0.6) is 0 Å². The van der Waals surface area contributed by atoms with Crippen molar-refractivity contribution in [2.24, 2.45) is 0 Å². The number of hydrogen-bond donors (Lipinski definition) is 0. The summed E-state index contributed by atoms with van der Waals surface area (Å²) in [5.41, 5.74) is 1.72. The Labute approximate surface area is 123 Å². The molecule has 3 heteroatoms. The predicted octanol–water partition coefficient (Wildman–Crippen LogP) is 5.24. The molecule has 0 aliphatic rings. The first kappa shape index (κ1) is 14.3. The molecule has 0 aliphatic heterocycles. The third-order valence-electron chi connectivity index (χ3n) is 3.01. The monoisotopic (exact) mass is 292 g/mol. The molecule has 1 aromatic heterocycles. The van der Waals surface area contributed by atoms with Crippen molar-refractivity contribution in [2.45, 2.75) is 33.1 Å². The summed E-state index contributed by atoms with van der Waals surface area (Å²) in [6.07, 6.45) is 0. The summed E-state index contributed by atoms with van der Waals surface area (Å²) in [5, 5.41) is 0.599. The standard InChI is InChI=1S/C16H17ClOS/c1-10-5-6-11(17)9-12(10)15(18)13-7-8-14(19-13)16(2,3)4/h5-9H,1-4H3. The molecule has 0 N–H and O–H groups in total. The van der Waals surface area contributed by atoms with Gasteiger partial charge in [-0.2, -0.15) is 0 Å². The fourth-order valence-corrected chi connectivity index (χ4v) is 3.02. The molecule has 0 aliphatic carbocycles. The number of rotatable bonds is 2. The Kier molecular flexibility index (Phi) is 3.84. The minimum absolute atomic E-state index is 0.0560. The van der Waals surface area contributed by atoms with E-state index < -0.39 is 0 Å². The highest BCUT2D eigenvalue weighted by Crippen LogP contribution is 2.31. The first-order valence-corrected chi connectivity index (χ1v) is 7.39. The summed E-state index contributed by atoms with van der Waals surface area (Å²) >= 11 is 7.54. The lowest BCUT2D eigenvalue weighted by atomic mass is 9.95. The van der Waals surface area contributed by atoms with E-state index in [9.17, 15) is 4.79 Å². The average Bonchev–Trinajstić information content (AvgIpc) is 2.80. The number of ketones is 1. The van der Waals surface area contributed by atoms with Crippen LogP contribution in [0.3, 0.4) is 0 Å². The van der Waals surface area contributed by atoms with Gasteiger partial charge in [0.15, 0.2) is 0 Å². The maximum atomic E-state index is 12.5. The van der Waals surface area contributed by atoms with E-state index in [1.54, 1.807) is 17.4 Å². The Hall–Kier alpha value is -1.12. The van der Waals surface area contributed by atoms with Crippen molar-refractivity contribution in [1.82, 2.24) is 0 Å². The number of carbonyl (C=O) groups excluding carboxylic acids is 1. The van der Waals surface area contributed by atoms with E-state index in [0.717, 1.165) is 10.4 Å². The predicted molar refractivity (Wildman–Crippen MR) is 82.6 cm³/mol. The van der Waals surface area contributed by atoms with Crippen molar-refractivity contribution in [3.8, 4) is 0 Å². The third-order valence-corrected chi connectivity index (χ3v) is 4.76. The summed E-state index contributed by atoms with van der Waals surface area (Å²) in [7, 11) is 0. The van der Waals surface area contributed by atoms with Crippen molar-refractivity contribution in [3.05, 3.63) is 56.2 Å². The highest BCUT2D eigenvalue weighted by molar-refractivity contribution is 7.14. The fraction of sp³-hybridized carbons (Fsp3) is 0.312. The molecule has 0 bridgehead atoms. The molecule has 0 unspecified atom stereocenters. The summed E-state index contributed by atoms with van der Waals surface area (Å²) in [6.45, 7) is 8.38. The second-order valence-corrected chi connectivity index (χ2v) is 7.22. The van der Waals surface area contributed by atoms with Gasteiger partial charge in [-0.05, 0) is 42.2 Å². The van der Waals surface area contributed by atoms with E-state index in [1.165, 1.54) is 4.88 Å². The SMILES string of the molecule is Cc1ccc(Cl)cc1C(=O)c1ccc(C(C)(C)C)s1. The lowest BCUT2D eigenvalue weighted by Crippen LogP contribution is -2.08. The van der Waals surface area contributed by atoms with Crippen LogP contribution in [0.4, 0.5) is 0 Å². The largest absolute Gasteiger partial charge is 0.288 e. The van der Waals surface area contributed by atoms with Crippen LogP contribution < -0.4 is 0 Å². The number of halogens is 1. The summed E-state index contributed by atoms with van der Waals surface area (Å²) in [5.74, 6) is 0.0560. The van der Waals surface area contributed by atoms with E-state index in [4.69, 9.17) is 11.6 Å². The zero-order chi connectivity index (χ0) is 14.2. The Balaban J connectivity index is 2.39. The van der Waals surface area contributed by atoms with Gasteiger partial charge >= 0.3 is 0 Å². The van der Waals surface area contributed by atoms with Crippen LogP contribution in [0.25, 0.3) is 0 Å². The highest BCUT2D eigenvalue weighted by atomic mass is 35.5. The van der Waals surface area contributed by atoms with Crippen LogP contribution in [0, 0.1) is 6.92 Å². The molecule has 100 valence electrons. The molecule has 0 radical (unpaired) electrons. The highest BCUT2D eigenvalue weighted by Gasteiger charge is 2.20. The Morgan fingerprint density at radius 3 is 2.42 bits per heavy atom. The van der Waals surface area contributed by atoms with Gasteiger partial charge in [0, 0.05) is 15.5 Å². The zero-order valence-corrected chi connectivity index (χ0v) is 13.2. The Morgan fingerprint density at radius 1 is 1.16 bits per heavy atom. The van der Waals surface area contributed by atoms with E-state index in [0.29, 0.717) is 10.6 Å². The van der Waals surface area contributed by atoms with E-state index in [1.807, 2.05) is 31.2 Å². The Morgan fingerprint density at radius 2 is 1.84 bits per heavy atom. The van der Waals surface area contributed by atoms with Crippen molar-refractivity contribution in [2.75, 3.05) is 0 Å². The minimum atomic E-state index is 0.0560. The number of benzene rings is 1. The molecule has 1 aromatic carbocycles. The summed E-state index contributed by atoms with van der Waals surface area (Å²) in [4.78, 5) is 14.5.